The standard InChI is InChI=1S/C11H23NS/c1-4-6-7-12-8-9-13-10(3)11(12)5-2/h10-11H,4-9H2,1-3H3. The zero-order chi connectivity index (χ0) is 9.68. The molecule has 2 atom stereocenters. The van der Waals surface area contributed by atoms with Crippen LogP contribution in [0.2, 0.25) is 0 Å². The van der Waals surface area contributed by atoms with E-state index >= 15 is 0 Å². The molecule has 1 aliphatic rings. The van der Waals surface area contributed by atoms with Crippen molar-refractivity contribution in [3.63, 3.8) is 0 Å². The molecular weight excluding hydrogens is 178 g/mol. The van der Waals surface area contributed by atoms with Crippen LogP contribution in [0.5, 0.6) is 0 Å². The fourth-order valence-corrected chi connectivity index (χ4v) is 3.46. The molecule has 0 aromatic carbocycles. The number of nitrogens with zero attached hydrogens (tertiary/aromatic N) is 1. The molecule has 0 N–H and O–H groups in total. The predicted molar refractivity (Wildman–Crippen MR) is 62.5 cm³/mol. The molecule has 0 saturated carbocycles. The van der Waals surface area contributed by atoms with E-state index in [1.807, 2.05) is 0 Å². The van der Waals surface area contributed by atoms with Crippen molar-refractivity contribution in [3.05, 3.63) is 0 Å². The number of rotatable bonds is 4. The number of thioether (sulfide) groups is 1. The van der Waals surface area contributed by atoms with Crippen molar-refractivity contribution < 1.29 is 0 Å². The Morgan fingerprint density at radius 3 is 2.77 bits per heavy atom. The average molecular weight is 201 g/mol. The first-order valence-corrected chi connectivity index (χ1v) is 6.70. The Hall–Kier alpha value is 0.310. The van der Waals surface area contributed by atoms with Gasteiger partial charge >= 0.3 is 0 Å². The topological polar surface area (TPSA) is 3.24 Å². The minimum absolute atomic E-state index is 0.838. The maximum Gasteiger partial charge on any atom is 0.0209 e. The van der Waals surface area contributed by atoms with Gasteiger partial charge in [0, 0.05) is 23.6 Å². The first-order valence-electron chi connectivity index (χ1n) is 5.65. The molecular formula is C11H23NS. The summed E-state index contributed by atoms with van der Waals surface area (Å²) in [5.41, 5.74) is 0. The molecule has 2 heteroatoms. The van der Waals surface area contributed by atoms with Crippen molar-refractivity contribution in [2.75, 3.05) is 18.8 Å². The van der Waals surface area contributed by atoms with E-state index in [1.165, 1.54) is 38.1 Å². The van der Waals surface area contributed by atoms with E-state index in [-0.39, 0.29) is 0 Å². The Morgan fingerprint density at radius 1 is 1.38 bits per heavy atom. The molecule has 2 unspecified atom stereocenters. The van der Waals surface area contributed by atoms with Crippen molar-refractivity contribution in [3.8, 4) is 0 Å². The smallest absolute Gasteiger partial charge is 0.0209 e. The van der Waals surface area contributed by atoms with Crippen LogP contribution in [0.15, 0.2) is 0 Å². The summed E-state index contributed by atoms with van der Waals surface area (Å²) in [5.74, 6) is 1.33. The van der Waals surface area contributed by atoms with E-state index in [9.17, 15) is 0 Å². The number of hydrogen-bond donors (Lipinski definition) is 0. The van der Waals surface area contributed by atoms with Gasteiger partial charge < -0.3 is 0 Å². The number of hydrogen-bond acceptors (Lipinski definition) is 2. The summed E-state index contributed by atoms with van der Waals surface area (Å²) in [6, 6.07) is 0.838. The minimum Gasteiger partial charge on any atom is -0.298 e. The van der Waals surface area contributed by atoms with Crippen molar-refractivity contribution in [1.82, 2.24) is 4.90 Å². The molecule has 0 aromatic heterocycles. The molecule has 78 valence electrons. The lowest BCUT2D eigenvalue weighted by atomic mass is 10.1. The Bertz CT molecular complexity index is 138. The van der Waals surface area contributed by atoms with E-state index in [0.29, 0.717) is 0 Å². The minimum atomic E-state index is 0.838. The van der Waals surface area contributed by atoms with E-state index in [2.05, 4.69) is 37.4 Å². The van der Waals surface area contributed by atoms with Gasteiger partial charge in [-0.2, -0.15) is 11.8 Å². The molecule has 1 rings (SSSR count). The fraction of sp³-hybridized carbons (Fsp3) is 1.00. The molecule has 0 amide bonds. The summed E-state index contributed by atoms with van der Waals surface area (Å²) in [6.45, 7) is 9.62. The lowest BCUT2D eigenvalue weighted by Crippen LogP contribution is -2.46. The maximum atomic E-state index is 2.70. The highest BCUT2D eigenvalue weighted by molar-refractivity contribution is 8.00. The lowest BCUT2D eigenvalue weighted by molar-refractivity contribution is 0.191. The van der Waals surface area contributed by atoms with Gasteiger partial charge in [-0.25, -0.2) is 0 Å². The normalized spacial score (nSPS) is 30.7. The summed E-state index contributed by atoms with van der Waals surface area (Å²) in [4.78, 5) is 2.70. The van der Waals surface area contributed by atoms with Crippen molar-refractivity contribution >= 4 is 11.8 Å². The van der Waals surface area contributed by atoms with Crippen LogP contribution in [0, 0.1) is 0 Å². The van der Waals surface area contributed by atoms with Crippen LogP contribution >= 0.6 is 11.8 Å². The summed E-state index contributed by atoms with van der Waals surface area (Å²) in [7, 11) is 0. The van der Waals surface area contributed by atoms with Crippen molar-refractivity contribution in [1.29, 1.82) is 0 Å². The largest absolute Gasteiger partial charge is 0.298 e. The van der Waals surface area contributed by atoms with Crippen LogP contribution in [0.3, 0.4) is 0 Å². The van der Waals surface area contributed by atoms with Crippen LogP contribution in [0.4, 0.5) is 0 Å². The molecule has 1 saturated heterocycles. The molecule has 0 aliphatic carbocycles. The summed E-state index contributed by atoms with van der Waals surface area (Å²) in [6.07, 6.45) is 4.01. The predicted octanol–water partition coefficient (Wildman–Crippen LogP) is 3.00. The third-order valence-corrected chi connectivity index (χ3v) is 4.25. The van der Waals surface area contributed by atoms with Gasteiger partial charge in [0.25, 0.3) is 0 Å². The van der Waals surface area contributed by atoms with E-state index in [1.54, 1.807) is 0 Å². The highest BCUT2D eigenvalue weighted by Crippen LogP contribution is 2.26. The Labute approximate surface area is 87.3 Å². The number of unbranched alkanes of at least 4 members (excludes halogenated alkanes) is 1. The second-order valence-electron chi connectivity index (χ2n) is 3.94. The Balaban J connectivity index is 2.39. The van der Waals surface area contributed by atoms with Crippen LogP contribution < -0.4 is 0 Å². The third-order valence-electron chi connectivity index (χ3n) is 2.99. The second-order valence-corrected chi connectivity index (χ2v) is 5.43. The van der Waals surface area contributed by atoms with E-state index < -0.39 is 0 Å². The second kappa shape index (κ2) is 5.92. The van der Waals surface area contributed by atoms with Gasteiger partial charge in [0.15, 0.2) is 0 Å². The zero-order valence-electron chi connectivity index (χ0n) is 9.25. The molecule has 1 heterocycles. The monoisotopic (exact) mass is 201 g/mol. The third kappa shape index (κ3) is 3.17. The van der Waals surface area contributed by atoms with E-state index in [0.717, 1.165) is 11.3 Å². The molecule has 1 fully saturated rings. The molecule has 0 aromatic rings. The fourth-order valence-electron chi connectivity index (χ4n) is 2.16. The van der Waals surface area contributed by atoms with Crippen molar-refractivity contribution in [2.45, 2.75) is 51.3 Å². The van der Waals surface area contributed by atoms with Crippen LogP contribution in [0.25, 0.3) is 0 Å². The first-order chi connectivity index (χ1) is 6.29. The van der Waals surface area contributed by atoms with Gasteiger partial charge in [-0.15, -0.1) is 0 Å². The molecule has 0 spiro atoms. The summed E-state index contributed by atoms with van der Waals surface area (Å²) >= 11 is 2.15. The first kappa shape index (κ1) is 11.4. The molecule has 0 radical (unpaired) electrons. The van der Waals surface area contributed by atoms with Gasteiger partial charge in [0.2, 0.25) is 0 Å². The highest BCUT2D eigenvalue weighted by Gasteiger charge is 2.26. The summed E-state index contributed by atoms with van der Waals surface area (Å²) in [5, 5.41) is 0.843. The molecule has 13 heavy (non-hydrogen) atoms. The van der Waals surface area contributed by atoms with Gasteiger partial charge in [0.05, 0.1) is 0 Å². The quantitative estimate of drug-likeness (QED) is 0.688. The summed E-state index contributed by atoms with van der Waals surface area (Å²) < 4.78 is 0. The van der Waals surface area contributed by atoms with E-state index in [4.69, 9.17) is 0 Å². The van der Waals surface area contributed by atoms with Crippen LogP contribution in [-0.2, 0) is 0 Å². The van der Waals surface area contributed by atoms with Gasteiger partial charge in [-0.1, -0.05) is 27.2 Å². The van der Waals surface area contributed by atoms with Gasteiger partial charge in [-0.05, 0) is 19.4 Å². The molecule has 0 bridgehead atoms. The molecule has 1 nitrogen and oxygen atoms in total. The zero-order valence-corrected chi connectivity index (χ0v) is 10.1. The highest BCUT2D eigenvalue weighted by atomic mass is 32.2. The average Bonchev–Trinajstić information content (AvgIpc) is 2.15. The maximum absolute atomic E-state index is 2.70. The van der Waals surface area contributed by atoms with Crippen LogP contribution in [0.1, 0.15) is 40.0 Å². The van der Waals surface area contributed by atoms with Crippen LogP contribution in [-0.4, -0.2) is 35.0 Å². The van der Waals surface area contributed by atoms with Gasteiger partial charge in [-0.3, -0.25) is 4.90 Å². The Morgan fingerprint density at radius 2 is 2.15 bits per heavy atom. The molecule has 1 aliphatic heterocycles. The Kier molecular flexibility index (Phi) is 5.18. The van der Waals surface area contributed by atoms with Crippen molar-refractivity contribution in [2.24, 2.45) is 0 Å². The van der Waals surface area contributed by atoms with Gasteiger partial charge in [0.1, 0.15) is 0 Å². The SMILES string of the molecule is CCCCN1CCSC(C)C1CC. The lowest BCUT2D eigenvalue weighted by Gasteiger charge is -2.39.